The maximum Gasteiger partial charge on any atom is 0.416 e. The van der Waals surface area contributed by atoms with Gasteiger partial charge in [-0.25, -0.2) is 0 Å². The Morgan fingerprint density at radius 2 is 1.04 bits per heavy atom. The average Bonchev–Trinajstić information content (AvgIpc) is 2.77. The van der Waals surface area contributed by atoms with Crippen LogP contribution in [0, 0.1) is 0 Å². The molecule has 0 spiro atoms. The highest BCUT2D eigenvalue weighted by Gasteiger charge is 2.30. The molecule has 4 heteroatoms. The standard InChI is InChI=1S/C20H13F3O/c21-20(22,23)16-12-10-15(11-13-16)18-9-5-4-8-17(19(18)24)14-6-2-1-3-7-14/h1-13H. The predicted octanol–water partition coefficient (Wildman–Crippen LogP) is 5.40. The summed E-state index contributed by atoms with van der Waals surface area (Å²) >= 11 is 0. The minimum Gasteiger partial charge on any atom is -0.289 e. The van der Waals surface area contributed by atoms with Crippen LogP contribution in [0.15, 0.2) is 83.7 Å². The van der Waals surface area contributed by atoms with Crippen LogP contribution in [-0.2, 0) is 6.18 Å². The molecule has 0 bridgehead atoms. The zero-order valence-electron chi connectivity index (χ0n) is 12.5. The Labute approximate surface area is 137 Å². The predicted molar refractivity (Wildman–Crippen MR) is 88.6 cm³/mol. The minimum absolute atomic E-state index is 0.217. The van der Waals surface area contributed by atoms with Crippen molar-refractivity contribution in [2.75, 3.05) is 0 Å². The van der Waals surface area contributed by atoms with Crippen LogP contribution in [0.4, 0.5) is 13.2 Å². The second-order valence-electron chi connectivity index (χ2n) is 5.32. The Balaban J connectivity index is 2.13. The lowest BCUT2D eigenvalue weighted by atomic mass is 10.0. The zero-order chi connectivity index (χ0) is 17.2. The Morgan fingerprint density at radius 1 is 0.583 bits per heavy atom. The SMILES string of the molecule is O=c1c(-c2ccccc2)ccccc1-c1ccc(C(F)(F)F)cc1. The lowest BCUT2D eigenvalue weighted by Crippen LogP contribution is -2.06. The van der Waals surface area contributed by atoms with Crippen molar-refractivity contribution in [2.24, 2.45) is 0 Å². The van der Waals surface area contributed by atoms with Gasteiger partial charge in [-0.2, -0.15) is 13.2 Å². The molecule has 3 aromatic carbocycles. The fraction of sp³-hybridized carbons (Fsp3) is 0.0500. The van der Waals surface area contributed by atoms with Crippen molar-refractivity contribution in [1.82, 2.24) is 0 Å². The van der Waals surface area contributed by atoms with E-state index in [1.807, 2.05) is 30.3 Å². The van der Waals surface area contributed by atoms with Crippen molar-refractivity contribution >= 4 is 0 Å². The van der Waals surface area contributed by atoms with Gasteiger partial charge in [-0.1, -0.05) is 66.7 Å². The first-order chi connectivity index (χ1) is 11.5. The quantitative estimate of drug-likeness (QED) is 0.616. The maximum absolute atomic E-state index is 12.8. The van der Waals surface area contributed by atoms with Gasteiger partial charge in [-0.05, 0) is 23.3 Å². The molecule has 24 heavy (non-hydrogen) atoms. The lowest BCUT2D eigenvalue weighted by molar-refractivity contribution is -0.137. The number of rotatable bonds is 2. The Kier molecular flexibility index (Phi) is 4.21. The molecule has 0 saturated carbocycles. The van der Waals surface area contributed by atoms with Crippen molar-refractivity contribution in [2.45, 2.75) is 6.18 Å². The molecule has 0 heterocycles. The molecule has 0 unspecified atom stereocenters. The molecule has 0 radical (unpaired) electrons. The third-order valence-corrected chi connectivity index (χ3v) is 3.73. The Morgan fingerprint density at radius 3 is 1.54 bits per heavy atom. The third kappa shape index (κ3) is 3.23. The van der Waals surface area contributed by atoms with E-state index in [0.717, 1.165) is 17.7 Å². The second kappa shape index (κ2) is 6.32. The molecular formula is C20H13F3O. The van der Waals surface area contributed by atoms with Crippen LogP contribution in [0.25, 0.3) is 22.3 Å². The fourth-order valence-electron chi connectivity index (χ4n) is 2.51. The van der Waals surface area contributed by atoms with E-state index in [1.165, 1.54) is 12.1 Å². The minimum atomic E-state index is -4.39. The van der Waals surface area contributed by atoms with Gasteiger partial charge >= 0.3 is 6.18 Å². The van der Waals surface area contributed by atoms with Gasteiger partial charge < -0.3 is 0 Å². The average molecular weight is 326 g/mol. The molecule has 0 N–H and O–H groups in total. The largest absolute Gasteiger partial charge is 0.416 e. The molecule has 0 amide bonds. The summed E-state index contributed by atoms with van der Waals surface area (Å²) in [4.78, 5) is 12.8. The van der Waals surface area contributed by atoms with Gasteiger partial charge in [0.2, 0.25) is 0 Å². The van der Waals surface area contributed by atoms with Crippen molar-refractivity contribution in [1.29, 1.82) is 0 Å². The summed E-state index contributed by atoms with van der Waals surface area (Å²) in [5.74, 6) is 0. The van der Waals surface area contributed by atoms with Crippen LogP contribution in [0.2, 0.25) is 0 Å². The van der Waals surface area contributed by atoms with Crippen molar-refractivity contribution < 1.29 is 13.2 Å². The molecule has 1 nitrogen and oxygen atoms in total. The zero-order valence-corrected chi connectivity index (χ0v) is 12.5. The third-order valence-electron chi connectivity index (χ3n) is 3.73. The van der Waals surface area contributed by atoms with Gasteiger partial charge in [0, 0.05) is 11.1 Å². The number of alkyl halides is 3. The molecule has 0 saturated heterocycles. The summed E-state index contributed by atoms with van der Waals surface area (Å²) < 4.78 is 38.1. The first-order valence-electron chi connectivity index (χ1n) is 7.33. The Hall–Kier alpha value is -2.88. The Bertz CT molecular complexity index is 898. The normalized spacial score (nSPS) is 11.3. The maximum atomic E-state index is 12.8. The number of halogens is 3. The molecule has 0 aromatic heterocycles. The summed E-state index contributed by atoms with van der Waals surface area (Å²) in [5.41, 5.74) is 1.16. The monoisotopic (exact) mass is 326 g/mol. The highest BCUT2D eigenvalue weighted by atomic mass is 19.4. The van der Waals surface area contributed by atoms with E-state index < -0.39 is 11.7 Å². The van der Waals surface area contributed by atoms with Gasteiger partial charge in [0.15, 0.2) is 5.43 Å². The van der Waals surface area contributed by atoms with E-state index >= 15 is 0 Å². The molecular weight excluding hydrogens is 313 g/mol. The smallest absolute Gasteiger partial charge is 0.289 e. The lowest BCUT2D eigenvalue weighted by Gasteiger charge is -2.07. The molecule has 120 valence electrons. The van der Waals surface area contributed by atoms with Gasteiger partial charge in [0.1, 0.15) is 0 Å². The van der Waals surface area contributed by atoms with E-state index in [-0.39, 0.29) is 5.43 Å². The van der Waals surface area contributed by atoms with E-state index in [4.69, 9.17) is 0 Å². The molecule has 3 aromatic rings. The van der Waals surface area contributed by atoms with Crippen LogP contribution < -0.4 is 5.43 Å². The molecule has 0 atom stereocenters. The van der Waals surface area contributed by atoms with Gasteiger partial charge in [-0.15, -0.1) is 0 Å². The van der Waals surface area contributed by atoms with E-state index in [0.29, 0.717) is 16.7 Å². The van der Waals surface area contributed by atoms with Crippen molar-refractivity contribution in [3.63, 3.8) is 0 Å². The number of hydrogen-bond donors (Lipinski definition) is 0. The number of hydrogen-bond acceptors (Lipinski definition) is 1. The molecule has 0 aliphatic rings. The van der Waals surface area contributed by atoms with Gasteiger partial charge in [0.05, 0.1) is 5.56 Å². The highest BCUT2D eigenvalue weighted by molar-refractivity contribution is 5.72. The van der Waals surface area contributed by atoms with E-state index in [2.05, 4.69) is 0 Å². The van der Waals surface area contributed by atoms with Crippen LogP contribution in [0.3, 0.4) is 0 Å². The summed E-state index contributed by atoms with van der Waals surface area (Å²) in [7, 11) is 0. The topological polar surface area (TPSA) is 17.1 Å². The molecule has 0 aliphatic heterocycles. The second-order valence-corrected chi connectivity index (χ2v) is 5.32. The van der Waals surface area contributed by atoms with E-state index in [9.17, 15) is 18.0 Å². The molecule has 3 rings (SSSR count). The summed E-state index contributed by atoms with van der Waals surface area (Å²) in [6.45, 7) is 0. The van der Waals surface area contributed by atoms with Crippen LogP contribution in [0.5, 0.6) is 0 Å². The van der Waals surface area contributed by atoms with Crippen molar-refractivity contribution in [3.05, 3.63) is 94.6 Å². The van der Waals surface area contributed by atoms with Gasteiger partial charge in [-0.3, -0.25) is 4.79 Å². The first-order valence-corrected chi connectivity index (χ1v) is 7.33. The summed E-state index contributed by atoms with van der Waals surface area (Å²) in [6.07, 6.45) is -4.39. The highest BCUT2D eigenvalue weighted by Crippen LogP contribution is 2.30. The van der Waals surface area contributed by atoms with Crippen LogP contribution in [-0.4, -0.2) is 0 Å². The van der Waals surface area contributed by atoms with Crippen LogP contribution >= 0.6 is 0 Å². The summed E-state index contributed by atoms with van der Waals surface area (Å²) in [5, 5.41) is 0. The van der Waals surface area contributed by atoms with E-state index in [1.54, 1.807) is 24.3 Å². The first kappa shape index (κ1) is 16.0. The van der Waals surface area contributed by atoms with Crippen molar-refractivity contribution in [3.8, 4) is 22.3 Å². The molecule has 0 fully saturated rings. The van der Waals surface area contributed by atoms with Crippen LogP contribution in [0.1, 0.15) is 5.56 Å². The van der Waals surface area contributed by atoms with Gasteiger partial charge in [0.25, 0.3) is 0 Å². The fourth-order valence-corrected chi connectivity index (χ4v) is 2.51. The summed E-state index contributed by atoms with van der Waals surface area (Å²) in [6, 6.07) is 20.6. The number of benzene rings is 2. The molecule has 0 aliphatic carbocycles.